The van der Waals surface area contributed by atoms with Crippen LogP contribution in [0.3, 0.4) is 0 Å². The number of alkyl halides is 3. The van der Waals surface area contributed by atoms with Crippen LogP contribution in [0, 0.1) is 0 Å². The van der Waals surface area contributed by atoms with E-state index in [9.17, 15) is 18.0 Å². The number of carbonyl (C=O) groups excluding carboxylic acids is 1. The number of nitrogens with one attached hydrogen (secondary N) is 2. The zero-order chi connectivity index (χ0) is 22.7. The van der Waals surface area contributed by atoms with Gasteiger partial charge < -0.3 is 25.0 Å². The summed E-state index contributed by atoms with van der Waals surface area (Å²) in [5.41, 5.74) is -0.790. The second-order valence-electron chi connectivity index (χ2n) is 6.92. The molecule has 2 N–H and O–H groups in total. The largest absolute Gasteiger partial charge is 0.491 e. The number of hydrogen-bond donors (Lipinski definition) is 2. The molecule has 0 aromatic heterocycles. The smallest absolute Gasteiger partial charge is 0.419 e. The van der Waals surface area contributed by atoms with E-state index in [0.717, 1.165) is 6.07 Å². The number of amides is 1. The zero-order valence-corrected chi connectivity index (χ0v) is 20.6. The van der Waals surface area contributed by atoms with Crippen LogP contribution in [-0.2, 0) is 15.7 Å². The van der Waals surface area contributed by atoms with E-state index in [1.807, 2.05) is 4.90 Å². The number of rotatable bonds is 9. The van der Waals surface area contributed by atoms with E-state index in [1.165, 1.54) is 18.2 Å². The zero-order valence-electron chi connectivity index (χ0n) is 18.3. The number of ether oxygens (including phenoxy) is 2. The van der Waals surface area contributed by atoms with Gasteiger partial charge in [-0.3, -0.25) is 14.7 Å². The van der Waals surface area contributed by atoms with Gasteiger partial charge in [-0.15, -0.1) is 24.0 Å². The van der Waals surface area contributed by atoms with E-state index in [2.05, 4.69) is 20.5 Å². The van der Waals surface area contributed by atoms with Crippen LogP contribution in [0.15, 0.2) is 29.3 Å². The van der Waals surface area contributed by atoms with Gasteiger partial charge in [-0.2, -0.15) is 13.2 Å². The Hall–Kier alpha value is -1.80. The van der Waals surface area contributed by atoms with E-state index in [-0.39, 0.29) is 42.2 Å². The molecule has 0 radical (unpaired) electrons. The van der Waals surface area contributed by atoms with Crippen molar-refractivity contribution >= 4 is 35.8 Å². The Balaban J connectivity index is 0.00000512. The summed E-state index contributed by atoms with van der Waals surface area (Å²) in [6.07, 6.45) is -4.46. The Morgan fingerprint density at radius 1 is 1.09 bits per heavy atom. The third kappa shape index (κ3) is 9.36. The molecule has 1 saturated heterocycles. The minimum atomic E-state index is -4.46. The van der Waals surface area contributed by atoms with Crippen LogP contribution in [0.2, 0.25) is 0 Å². The fourth-order valence-electron chi connectivity index (χ4n) is 3.15. The molecule has 32 heavy (non-hydrogen) atoms. The van der Waals surface area contributed by atoms with Gasteiger partial charge in [0, 0.05) is 46.9 Å². The fraction of sp³-hybridized carbons (Fsp3) is 0.600. The Morgan fingerprint density at radius 3 is 2.38 bits per heavy atom. The third-order valence-corrected chi connectivity index (χ3v) is 4.71. The van der Waals surface area contributed by atoms with Crippen molar-refractivity contribution in [2.24, 2.45) is 4.99 Å². The lowest BCUT2D eigenvalue weighted by Gasteiger charge is -2.36. The Morgan fingerprint density at radius 2 is 1.75 bits per heavy atom. The number of para-hydroxylation sites is 1. The van der Waals surface area contributed by atoms with Gasteiger partial charge in [-0.05, 0) is 12.1 Å². The number of piperazine rings is 1. The molecule has 0 saturated carbocycles. The van der Waals surface area contributed by atoms with E-state index >= 15 is 0 Å². The maximum Gasteiger partial charge on any atom is 0.419 e. The number of benzene rings is 1. The molecular formula is C20H31F3IN5O3. The van der Waals surface area contributed by atoms with E-state index in [4.69, 9.17) is 9.47 Å². The molecule has 0 aliphatic carbocycles. The van der Waals surface area contributed by atoms with Gasteiger partial charge >= 0.3 is 6.18 Å². The maximum absolute atomic E-state index is 13.0. The van der Waals surface area contributed by atoms with Gasteiger partial charge in [0.1, 0.15) is 12.4 Å². The van der Waals surface area contributed by atoms with Crippen LogP contribution >= 0.6 is 24.0 Å². The first-order chi connectivity index (χ1) is 14.8. The molecule has 1 heterocycles. The number of halogens is 4. The lowest BCUT2D eigenvalue weighted by Crippen LogP contribution is -2.54. The molecular weight excluding hydrogens is 542 g/mol. The second kappa shape index (κ2) is 14.4. The molecule has 0 unspecified atom stereocenters. The lowest BCUT2D eigenvalue weighted by molar-refractivity contribution is -0.139. The molecule has 8 nitrogen and oxygen atoms in total. The first-order valence-corrected chi connectivity index (χ1v) is 10.1. The molecule has 12 heteroatoms. The molecule has 0 bridgehead atoms. The Bertz CT molecular complexity index is 729. The summed E-state index contributed by atoms with van der Waals surface area (Å²) in [4.78, 5) is 20.2. The minimum Gasteiger partial charge on any atom is -0.491 e. The standard InChI is InChI=1S/C20H30F3N5O3.HI/c1-24-19(26-8-14-31-17-6-4-3-5-16(17)20(21,22)23)28-11-9-27(10-12-28)15-18(29)25-7-13-30-2;/h3-6H,7-15H2,1-2H3,(H,24,26)(H,25,29);1H. The molecule has 1 aliphatic rings. The number of aliphatic imine (C=N–C) groups is 1. The number of carbonyl (C=O) groups is 1. The third-order valence-electron chi connectivity index (χ3n) is 4.71. The fourth-order valence-corrected chi connectivity index (χ4v) is 3.15. The average Bonchev–Trinajstić information content (AvgIpc) is 2.74. The van der Waals surface area contributed by atoms with Crippen LogP contribution in [0.1, 0.15) is 5.56 Å². The van der Waals surface area contributed by atoms with E-state index in [1.54, 1.807) is 14.2 Å². The quantitative estimate of drug-likeness (QED) is 0.203. The molecule has 1 aromatic carbocycles. The molecule has 1 fully saturated rings. The second-order valence-corrected chi connectivity index (χ2v) is 6.92. The summed E-state index contributed by atoms with van der Waals surface area (Å²) in [6.45, 7) is 4.44. The normalized spacial score (nSPS) is 15.2. The summed E-state index contributed by atoms with van der Waals surface area (Å²) in [5.74, 6) is 0.422. The summed E-state index contributed by atoms with van der Waals surface area (Å²) in [5, 5.41) is 5.91. The Kier molecular flexibility index (Phi) is 12.7. The summed E-state index contributed by atoms with van der Waals surface area (Å²) < 4.78 is 49.3. The molecule has 1 aliphatic heterocycles. The van der Waals surface area contributed by atoms with Crippen molar-refractivity contribution in [3.05, 3.63) is 29.8 Å². The van der Waals surface area contributed by atoms with Crippen molar-refractivity contribution in [1.29, 1.82) is 0 Å². The highest BCUT2D eigenvalue weighted by atomic mass is 127. The predicted octanol–water partition coefficient (Wildman–Crippen LogP) is 1.66. The van der Waals surface area contributed by atoms with Gasteiger partial charge in [0.15, 0.2) is 5.96 Å². The van der Waals surface area contributed by atoms with Gasteiger partial charge in [-0.1, -0.05) is 12.1 Å². The van der Waals surface area contributed by atoms with Gasteiger partial charge in [0.25, 0.3) is 0 Å². The van der Waals surface area contributed by atoms with Crippen LogP contribution in [-0.4, -0.2) is 94.9 Å². The summed E-state index contributed by atoms with van der Waals surface area (Å²) >= 11 is 0. The van der Waals surface area contributed by atoms with E-state index in [0.29, 0.717) is 58.4 Å². The minimum absolute atomic E-state index is 0. The van der Waals surface area contributed by atoms with Crippen molar-refractivity contribution < 1.29 is 27.4 Å². The van der Waals surface area contributed by atoms with Gasteiger partial charge in [0.05, 0.1) is 25.3 Å². The summed E-state index contributed by atoms with van der Waals surface area (Å²) in [6, 6.07) is 5.15. The van der Waals surface area contributed by atoms with Crippen LogP contribution in [0.5, 0.6) is 5.75 Å². The van der Waals surface area contributed by atoms with Crippen molar-refractivity contribution in [1.82, 2.24) is 20.4 Å². The van der Waals surface area contributed by atoms with Crippen LogP contribution in [0.25, 0.3) is 0 Å². The monoisotopic (exact) mass is 573 g/mol. The highest BCUT2D eigenvalue weighted by molar-refractivity contribution is 14.0. The van der Waals surface area contributed by atoms with Crippen molar-refractivity contribution in [2.45, 2.75) is 6.18 Å². The Labute approximate surface area is 203 Å². The van der Waals surface area contributed by atoms with Gasteiger partial charge in [-0.25, -0.2) is 0 Å². The highest BCUT2D eigenvalue weighted by Crippen LogP contribution is 2.35. The molecule has 2 rings (SSSR count). The molecule has 0 atom stereocenters. The van der Waals surface area contributed by atoms with Crippen LogP contribution < -0.4 is 15.4 Å². The van der Waals surface area contributed by atoms with Crippen molar-refractivity contribution in [3.63, 3.8) is 0 Å². The number of guanidine groups is 1. The topological polar surface area (TPSA) is 78.4 Å². The average molecular weight is 573 g/mol. The molecule has 0 spiro atoms. The van der Waals surface area contributed by atoms with E-state index < -0.39 is 11.7 Å². The SMILES string of the molecule is CN=C(NCCOc1ccccc1C(F)(F)F)N1CCN(CC(=O)NCCOC)CC1.I. The molecule has 182 valence electrons. The van der Waals surface area contributed by atoms with Crippen molar-refractivity contribution in [3.8, 4) is 5.75 Å². The first kappa shape index (κ1) is 28.2. The number of nitrogens with zero attached hydrogens (tertiary/aromatic N) is 3. The predicted molar refractivity (Wildman–Crippen MR) is 127 cm³/mol. The lowest BCUT2D eigenvalue weighted by atomic mass is 10.2. The highest BCUT2D eigenvalue weighted by Gasteiger charge is 2.34. The van der Waals surface area contributed by atoms with Gasteiger partial charge in [0.2, 0.25) is 5.91 Å². The summed E-state index contributed by atoms with van der Waals surface area (Å²) in [7, 11) is 3.23. The maximum atomic E-state index is 13.0. The first-order valence-electron chi connectivity index (χ1n) is 10.1. The molecule has 1 amide bonds. The number of hydrogen-bond acceptors (Lipinski definition) is 5. The van der Waals surface area contributed by atoms with Crippen LogP contribution in [0.4, 0.5) is 13.2 Å². The molecule has 1 aromatic rings. The van der Waals surface area contributed by atoms with Crippen molar-refractivity contribution in [2.75, 3.05) is 73.2 Å². The number of methoxy groups -OCH3 is 1.